The lowest BCUT2D eigenvalue weighted by molar-refractivity contribution is -0.193. The number of nitrogens with one attached hydrogen (secondary N) is 2. The number of aliphatic carboxylic acids is 3. The summed E-state index contributed by atoms with van der Waals surface area (Å²) in [4.78, 5) is 68.7. The highest BCUT2D eigenvalue weighted by atomic mass is 19.4. The molecule has 0 radical (unpaired) electrons. The molecule has 306 valence electrons. The largest absolute Gasteiger partial charge is 0.490 e. The quantitative estimate of drug-likeness (QED) is 0.128. The Morgan fingerprint density at radius 1 is 0.618 bits per heavy atom. The summed E-state index contributed by atoms with van der Waals surface area (Å²) in [6.45, 7) is 7.53. The number of halogens is 9. The standard InChI is InChI=1S/C26H33N5O3.3C2HF3O2/c27-18-23(32)29-11-5-13-31-16-14-30(15-17-31)12-4-10-28-22-9-3-8-21-24(22)26(34)20-7-2-1-6-19(20)25(21)33;3*3-2(4,5)1(6)7/h1-3,6-9,28H,4-5,10-18,27H2,(H,29,32);3*(H,6,7). The molecule has 0 bridgehead atoms. The molecule has 23 heteroatoms. The van der Waals surface area contributed by atoms with Crippen LogP contribution in [0.5, 0.6) is 0 Å². The Morgan fingerprint density at radius 2 is 1.00 bits per heavy atom. The van der Waals surface area contributed by atoms with Crippen molar-refractivity contribution in [1.82, 2.24) is 15.1 Å². The maximum Gasteiger partial charge on any atom is 0.490 e. The van der Waals surface area contributed by atoms with Crippen LogP contribution in [0.2, 0.25) is 0 Å². The molecule has 1 aliphatic heterocycles. The summed E-state index contributed by atoms with van der Waals surface area (Å²) in [5.41, 5.74) is 7.96. The van der Waals surface area contributed by atoms with Gasteiger partial charge in [-0.15, -0.1) is 0 Å². The minimum absolute atomic E-state index is 0.0443. The average Bonchev–Trinajstić information content (AvgIpc) is 3.10. The zero-order chi connectivity index (χ0) is 42.1. The van der Waals surface area contributed by atoms with E-state index in [2.05, 4.69) is 20.4 Å². The minimum atomic E-state index is -5.08. The van der Waals surface area contributed by atoms with Gasteiger partial charge in [0.05, 0.1) is 12.1 Å². The third kappa shape index (κ3) is 16.7. The van der Waals surface area contributed by atoms with Gasteiger partial charge in [0.2, 0.25) is 5.91 Å². The number of amides is 1. The molecule has 7 N–H and O–H groups in total. The molecule has 1 aliphatic carbocycles. The van der Waals surface area contributed by atoms with Crippen LogP contribution in [0.3, 0.4) is 0 Å². The van der Waals surface area contributed by atoms with Crippen LogP contribution < -0.4 is 16.4 Å². The molecule has 2 aliphatic rings. The molecular formula is C32H36F9N5O9. The van der Waals surface area contributed by atoms with Gasteiger partial charge in [-0.2, -0.15) is 39.5 Å². The Labute approximate surface area is 306 Å². The van der Waals surface area contributed by atoms with Crippen molar-refractivity contribution in [3.63, 3.8) is 0 Å². The molecule has 14 nitrogen and oxygen atoms in total. The first-order valence-electron chi connectivity index (χ1n) is 15.8. The third-order valence-electron chi connectivity index (χ3n) is 7.27. The molecule has 1 saturated heterocycles. The Balaban J connectivity index is 0.000000588. The van der Waals surface area contributed by atoms with Gasteiger partial charge < -0.3 is 41.5 Å². The van der Waals surface area contributed by atoms with E-state index in [0.717, 1.165) is 64.3 Å². The maximum absolute atomic E-state index is 13.1. The average molecular weight is 806 g/mol. The number of carboxylic acid groups (broad SMARTS) is 3. The summed E-state index contributed by atoms with van der Waals surface area (Å²) < 4.78 is 95.2. The van der Waals surface area contributed by atoms with Crippen molar-refractivity contribution in [3.8, 4) is 0 Å². The Morgan fingerprint density at radius 3 is 1.40 bits per heavy atom. The van der Waals surface area contributed by atoms with Gasteiger partial charge in [0.1, 0.15) is 0 Å². The lowest BCUT2D eigenvalue weighted by atomic mass is 9.83. The molecule has 1 fully saturated rings. The Kier molecular flexibility index (Phi) is 18.7. The number of carbonyl (C=O) groups is 6. The van der Waals surface area contributed by atoms with Crippen LogP contribution in [0, 0.1) is 0 Å². The fourth-order valence-electron chi connectivity index (χ4n) is 4.66. The smallest absolute Gasteiger partial charge is 0.475 e. The first-order valence-corrected chi connectivity index (χ1v) is 15.8. The Bertz CT molecular complexity index is 1590. The second kappa shape index (κ2) is 21.6. The number of carboxylic acids is 3. The highest BCUT2D eigenvalue weighted by Crippen LogP contribution is 2.32. The van der Waals surface area contributed by atoms with E-state index in [4.69, 9.17) is 35.4 Å². The third-order valence-corrected chi connectivity index (χ3v) is 7.27. The zero-order valence-corrected chi connectivity index (χ0v) is 28.5. The second-order valence-corrected chi connectivity index (χ2v) is 11.2. The van der Waals surface area contributed by atoms with Crippen molar-refractivity contribution >= 4 is 41.1 Å². The number of rotatable bonds is 10. The Hall–Kier alpha value is -5.29. The van der Waals surface area contributed by atoms with E-state index in [-0.39, 0.29) is 24.0 Å². The van der Waals surface area contributed by atoms with E-state index < -0.39 is 36.4 Å². The number of alkyl halides is 9. The molecule has 55 heavy (non-hydrogen) atoms. The molecule has 0 unspecified atom stereocenters. The van der Waals surface area contributed by atoms with Gasteiger partial charge >= 0.3 is 36.4 Å². The molecule has 4 rings (SSSR count). The topological polar surface area (TPSA) is 220 Å². The molecule has 0 spiro atoms. The van der Waals surface area contributed by atoms with Gasteiger partial charge in [0.15, 0.2) is 11.6 Å². The van der Waals surface area contributed by atoms with Crippen LogP contribution in [0.4, 0.5) is 45.2 Å². The van der Waals surface area contributed by atoms with Gasteiger partial charge in [-0.1, -0.05) is 36.4 Å². The summed E-state index contributed by atoms with van der Waals surface area (Å²) in [5.74, 6) is -8.55. The number of benzene rings is 2. The van der Waals surface area contributed by atoms with Gasteiger partial charge in [0, 0.05) is 61.6 Å². The van der Waals surface area contributed by atoms with Crippen LogP contribution in [0.1, 0.15) is 44.7 Å². The number of nitrogens with zero attached hydrogens (tertiary/aromatic N) is 2. The number of hydrogen-bond acceptors (Lipinski definition) is 10. The van der Waals surface area contributed by atoms with Gasteiger partial charge in [-0.25, -0.2) is 14.4 Å². The van der Waals surface area contributed by atoms with Crippen LogP contribution >= 0.6 is 0 Å². The lowest BCUT2D eigenvalue weighted by Crippen LogP contribution is -2.47. The van der Waals surface area contributed by atoms with E-state index in [9.17, 15) is 53.9 Å². The van der Waals surface area contributed by atoms with Crippen molar-refractivity contribution in [2.45, 2.75) is 31.4 Å². The number of ketones is 2. The summed E-state index contributed by atoms with van der Waals surface area (Å²) in [7, 11) is 0. The number of carbonyl (C=O) groups excluding carboxylic acids is 3. The number of fused-ring (bicyclic) bond motifs is 2. The second-order valence-electron chi connectivity index (χ2n) is 11.2. The summed E-state index contributed by atoms with van der Waals surface area (Å²) in [6.07, 6.45) is -13.4. The monoisotopic (exact) mass is 805 g/mol. The van der Waals surface area contributed by atoms with Crippen molar-refractivity contribution < 1.29 is 83.6 Å². The van der Waals surface area contributed by atoms with Gasteiger partial charge in [0.25, 0.3) is 0 Å². The van der Waals surface area contributed by atoms with Gasteiger partial charge in [-0.3, -0.25) is 14.4 Å². The van der Waals surface area contributed by atoms with Crippen LogP contribution in [-0.4, -0.2) is 138 Å². The summed E-state index contributed by atoms with van der Waals surface area (Å²) >= 11 is 0. The summed E-state index contributed by atoms with van der Waals surface area (Å²) in [6, 6.07) is 12.5. The lowest BCUT2D eigenvalue weighted by Gasteiger charge is -2.34. The highest BCUT2D eigenvalue weighted by Gasteiger charge is 2.39. The zero-order valence-electron chi connectivity index (χ0n) is 28.5. The first kappa shape index (κ1) is 47.7. The van der Waals surface area contributed by atoms with Crippen LogP contribution in [0.25, 0.3) is 0 Å². The van der Waals surface area contributed by atoms with E-state index in [1.807, 2.05) is 12.1 Å². The molecule has 2 aromatic carbocycles. The SMILES string of the molecule is NCC(=O)NCCCN1CCN(CCCNc2cccc3c2C(=O)c2ccccc2C3=O)CC1.O=C(O)C(F)(F)F.O=C(O)C(F)(F)F.O=C(O)C(F)(F)F. The molecule has 2 aromatic rings. The van der Waals surface area contributed by atoms with Crippen molar-refractivity contribution in [2.75, 3.05) is 64.2 Å². The molecule has 0 aromatic heterocycles. The normalized spacial score (nSPS) is 14.3. The first-order chi connectivity index (χ1) is 25.4. The minimum Gasteiger partial charge on any atom is -0.475 e. The van der Waals surface area contributed by atoms with Gasteiger partial charge in [-0.05, 0) is 32.0 Å². The van der Waals surface area contributed by atoms with E-state index in [1.54, 1.807) is 30.3 Å². The summed E-state index contributed by atoms with van der Waals surface area (Å²) in [5, 5.41) is 27.6. The van der Waals surface area contributed by atoms with Crippen molar-refractivity contribution in [3.05, 3.63) is 64.7 Å². The fraction of sp³-hybridized carbons (Fsp3) is 0.438. The molecular weight excluding hydrogens is 769 g/mol. The predicted octanol–water partition coefficient (Wildman–Crippen LogP) is 3.25. The predicted molar refractivity (Wildman–Crippen MR) is 173 cm³/mol. The number of anilines is 1. The van der Waals surface area contributed by atoms with E-state index in [0.29, 0.717) is 28.8 Å². The number of hydrogen-bond donors (Lipinski definition) is 6. The molecule has 0 saturated carbocycles. The van der Waals surface area contributed by atoms with Crippen molar-refractivity contribution in [2.24, 2.45) is 5.73 Å². The molecule has 0 atom stereocenters. The number of piperazine rings is 1. The van der Waals surface area contributed by atoms with E-state index >= 15 is 0 Å². The van der Waals surface area contributed by atoms with E-state index in [1.165, 1.54) is 0 Å². The van der Waals surface area contributed by atoms with Crippen LogP contribution in [-0.2, 0) is 19.2 Å². The van der Waals surface area contributed by atoms with Crippen LogP contribution in [0.15, 0.2) is 42.5 Å². The molecule has 1 heterocycles. The van der Waals surface area contributed by atoms with Crippen molar-refractivity contribution in [1.29, 1.82) is 0 Å². The molecule has 1 amide bonds. The maximum atomic E-state index is 13.1. The highest BCUT2D eigenvalue weighted by molar-refractivity contribution is 6.30. The number of nitrogens with two attached hydrogens (primary N) is 1. The fourth-order valence-corrected chi connectivity index (χ4v) is 4.66.